The number of aliphatic hydroxyl groups excluding tert-OH is 1. The fraction of sp³-hybridized carbons (Fsp3) is 0.600. The lowest BCUT2D eigenvalue weighted by Crippen LogP contribution is -2.40. The van der Waals surface area contributed by atoms with Crippen molar-refractivity contribution in [2.45, 2.75) is 37.1 Å². The number of nitrogens with zero attached hydrogens (tertiary/aromatic N) is 3. The van der Waals surface area contributed by atoms with Gasteiger partial charge in [-0.3, -0.25) is 4.79 Å². The number of hydrogen-bond donors (Lipinski definition) is 2. The van der Waals surface area contributed by atoms with Crippen molar-refractivity contribution in [3.63, 3.8) is 0 Å². The van der Waals surface area contributed by atoms with Gasteiger partial charge in [-0.05, 0) is 6.92 Å². The summed E-state index contributed by atoms with van der Waals surface area (Å²) >= 11 is 0. The van der Waals surface area contributed by atoms with Crippen LogP contribution in [0, 0.1) is 0 Å². The van der Waals surface area contributed by atoms with Crippen molar-refractivity contribution in [3.05, 3.63) is 12.5 Å². The highest BCUT2D eigenvalue weighted by atomic mass is 32.2. The smallest absolute Gasteiger partial charge is 0.322 e. The summed E-state index contributed by atoms with van der Waals surface area (Å²) in [7, 11) is -3.99. The predicted molar refractivity (Wildman–Crippen MR) is 63.8 cm³/mol. The van der Waals surface area contributed by atoms with Crippen LogP contribution in [-0.2, 0) is 21.4 Å². The van der Waals surface area contributed by atoms with Gasteiger partial charge in [0.05, 0.1) is 12.4 Å². The molecule has 1 fully saturated rings. The summed E-state index contributed by atoms with van der Waals surface area (Å²) in [4.78, 5) is 14.8. The standard InChI is InChI=1S/C10H15N3O5S/c1-2-12-5-9(11-6-12)19(17,18)13-4-7(14)3-8(13)10(15)16/h5-8,14H,2-4H2,1H3,(H,15,16). The zero-order valence-electron chi connectivity index (χ0n) is 10.3. The number of β-amino-alcohol motifs (C(OH)–C–C–N with tert-alkyl or cyclic N) is 1. The Labute approximate surface area is 110 Å². The van der Waals surface area contributed by atoms with Crippen LogP contribution in [0.5, 0.6) is 0 Å². The average Bonchev–Trinajstić information content (AvgIpc) is 2.94. The molecule has 0 spiro atoms. The zero-order valence-corrected chi connectivity index (χ0v) is 11.1. The van der Waals surface area contributed by atoms with Crippen LogP contribution in [0.1, 0.15) is 13.3 Å². The number of sulfonamides is 1. The summed E-state index contributed by atoms with van der Waals surface area (Å²) in [5.41, 5.74) is 0. The van der Waals surface area contributed by atoms with E-state index < -0.39 is 28.1 Å². The molecule has 2 rings (SSSR count). The van der Waals surface area contributed by atoms with Gasteiger partial charge in [0.2, 0.25) is 0 Å². The maximum absolute atomic E-state index is 12.3. The third-order valence-corrected chi connectivity index (χ3v) is 4.83. The molecule has 1 saturated heterocycles. The summed E-state index contributed by atoms with van der Waals surface area (Å²) in [6, 6.07) is -1.24. The first-order valence-electron chi connectivity index (χ1n) is 5.80. The fourth-order valence-electron chi connectivity index (χ4n) is 2.04. The Morgan fingerprint density at radius 3 is 2.79 bits per heavy atom. The number of aliphatic carboxylic acids is 1. The van der Waals surface area contributed by atoms with Crippen molar-refractivity contribution in [1.82, 2.24) is 13.9 Å². The minimum absolute atomic E-state index is 0.108. The summed E-state index contributed by atoms with van der Waals surface area (Å²) in [6.07, 6.45) is 1.64. The monoisotopic (exact) mass is 289 g/mol. The topological polar surface area (TPSA) is 113 Å². The van der Waals surface area contributed by atoms with E-state index in [1.165, 1.54) is 12.5 Å². The van der Waals surface area contributed by atoms with Gasteiger partial charge in [-0.25, -0.2) is 13.4 Å². The molecule has 8 nitrogen and oxygen atoms in total. The maximum Gasteiger partial charge on any atom is 0.322 e. The molecule has 0 saturated carbocycles. The van der Waals surface area contributed by atoms with Crippen LogP contribution >= 0.6 is 0 Å². The van der Waals surface area contributed by atoms with E-state index in [0.29, 0.717) is 6.54 Å². The number of carbonyl (C=O) groups is 1. The second kappa shape index (κ2) is 4.91. The Hall–Kier alpha value is -1.45. The van der Waals surface area contributed by atoms with E-state index >= 15 is 0 Å². The number of aliphatic hydroxyl groups is 1. The van der Waals surface area contributed by atoms with Crippen LogP contribution in [0.4, 0.5) is 0 Å². The number of aromatic nitrogens is 2. The number of carboxylic acids is 1. The minimum atomic E-state index is -3.99. The van der Waals surface area contributed by atoms with E-state index in [-0.39, 0.29) is 18.0 Å². The molecule has 1 aromatic rings. The number of hydrogen-bond acceptors (Lipinski definition) is 5. The molecule has 2 N–H and O–H groups in total. The summed E-state index contributed by atoms with van der Waals surface area (Å²) in [5, 5.41) is 18.3. The SMILES string of the molecule is CCn1cnc(S(=O)(=O)N2CC(O)CC2C(=O)O)c1. The number of carboxylic acid groups (broad SMARTS) is 1. The molecular formula is C10H15N3O5S. The molecular weight excluding hydrogens is 274 g/mol. The molecule has 1 aromatic heterocycles. The summed E-state index contributed by atoms with van der Waals surface area (Å²) < 4.78 is 27.0. The fourth-order valence-corrected chi connectivity index (χ4v) is 3.61. The van der Waals surface area contributed by atoms with E-state index in [0.717, 1.165) is 4.31 Å². The van der Waals surface area contributed by atoms with Gasteiger partial charge < -0.3 is 14.8 Å². The van der Waals surface area contributed by atoms with Crippen LogP contribution in [0.15, 0.2) is 17.6 Å². The molecule has 1 aliphatic heterocycles. The number of imidazole rings is 1. The highest BCUT2D eigenvalue weighted by molar-refractivity contribution is 7.89. The first-order chi connectivity index (χ1) is 8.86. The molecule has 106 valence electrons. The van der Waals surface area contributed by atoms with Crippen LogP contribution < -0.4 is 0 Å². The molecule has 0 amide bonds. The van der Waals surface area contributed by atoms with Crippen LogP contribution in [0.25, 0.3) is 0 Å². The quantitative estimate of drug-likeness (QED) is 0.743. The Bertz CT molecular complexity index is 582. The van der Waals surface area contributed by atoms with Gasteiger partial charge in [0.1, 0.15) is 6.04 Å². The highest BCUT2D eigenvalue weighted by Gasteiger charge is 2.44. The van der Waals surface area contributed by atoms with Gasteiger partial charge in [-0.15, -0.1) is 0 Å². The molecule has 1 aliphatic rings. The second-order valence-electron chi connectivity index (χ2n) is 4.36. The first kappa shape index (κ1) is 14.0. The highest BCUT2D eigenvalue weighted by Crippen LogP contribution is 2.25. The van der Waals surface area contributed by atoms with Crippen LogP contribution in [0.3, 0.4) is 0 Å². The third-order valence-electron chi connectivity index (χ3n) is 3.07. The minimum Gasteiger partial charge on any atom is -0.480 e. The second-order valence-corrected chi connectivity index (χ2v) is 6.20. The Morgan fingerprint density at radius 2 is 2.26 bits per heavy atom. The average molecular weight is 289 g/mol. The zero-order chi connectivity index (χ0) is 14.2. The van der Waals surface area contributed by atoms with Crippen molar-refractivity contribution in [1.29, 1.82) is 0 Å². The number of rotatable bonds is 4. The molecule has 0 aromatic carbocycles. The lowest BCUT2D eigenvalue weighted by atomic mass is 10.2. The first-order valence-corrected chi connectivity index (χ1v) is 7.24. The van der Waals surface area contributed by atoms with E-state index in [2.05, 4.69) is 4.98 Å². The van der Waals surface area contributed by atoms with Gasteiger partial charge in [0.15, 0.2) is 5.03 Å². The van der Waals surface area contributed by atoms with Crippen LogP contribution in [-0.4, -0.2) is 57.1 Å². The van der Waals surface area contributed by atoms with E-state index in [4.69, 9.17) is 5.11 Å². The van der Waals surface area contributed by atoms with Crippen molar-refractivity contribution in [2.24, 2.45) is 0 Å². The van der Waals surface area contributed by atoms with E-state index in [9.17, 15) is 18.3 Å². The number of aryl methyl sites for hydroxylation is 1. The lowest BCUT2D eigenvalue weighted by molar-refractivity contribution is -0.140. The predicted octanol–water partition coefficient (Wildman–Crippen LogP) is -0.888. The Kier molecular flexibility index (Phi) is 3.61. The molecule has 19 heavy (non-hydrogen) atoms. The van der Waals surface area contributed by atoms with Crippen molar-refractivity contribution in [2.75, 3.05) is 6.54 Å². The lowest BCUT2D eigenvalue weighted by Gasteiger charge is -2.19. The van der Waals surface area contributed by atoms with Gasteiger partial charge in [-0.1, -0.05) is 0 Å². The van der Waals surface area contributed by atoms with Gasteiger partial charge >= 0.3 is 5.97 Å². The largest absolute Gasteiger partial charge is 0.480 e. The third kappa shape index (κ3) is 2.48. The van der Waals surface area contributed by atoms with Gasteiger partial charge in [-0.2, -0.15) is 4.31 Å². The van der Waals surface area contributed by atoms with E-state index in [1.54, 1.807) is 4.57 Å². The molecule has 0 aliphatic carbocycles. The van der Waals surface area contributed by atoms with Crippen molar-refractivity contribution >= 4 is 16.0 Å². The maximum atomic E-state index is 12.3. The Morgan fingerprint density at radius 1 is 1.58 bits per heavy atom. The van der Waals surface area contributed by atoms with Crippen molar-refractivity contribution < 1.29 is 23.4 Å². The van der Waals surface area contributed by atoms with Crippen LogP contribution in [0.2, 0.25) is 0 Å². The molecule has 2 atom stereocenters. The Balaban J connectivity index is 2.35. The van der Waals surface area contributed by atoms with Gasteiger partial charge in [0, 0.05) is 25.7 Å². The molecule has 9 heteroatoms. The normalized spacial score (nSPS) is 24.7. The molecule has 2 unspecified atom stereocenters. The molecule has 0 bridgehead atoms. The van der Waals surface area contributed by atoms with Gasteiger partial charge in [0.25, 0.3) is 10.0 Å². The molecule has 0 radical (unpaired) electrons. The summed E-state index contributed by atoms with van der Waals surface area (Å²) in [5.74, 6) is -1.27. The molecule has 2 heterocycles. The van der Waals surface area contributed by atoms with Crippen molar-refractivity contribution in [3.8, 4) is 0 Å². The van der Waals surface area contributed by atoms with E-state index in [1.807, 2.05) is 6.92 Å². The summed E-state index contributed by atoms with van der Waals surface area (Å²) in [6.45, 7) is 2.17.